The number of benzene rings is 2. The number of anilines is 1. The van der Waals surface area contributed by atoms with E-state index in [1.54, 1.807) is 0 Å². The molecular weight excluding hydrogens is 420 g/mol. The van der Waals surface area contributed by atoms with Crippen LogP contribution in [0.2, 0.25) is 0 Å². The first-order valence-corrected chi connectivity index (χ1v) is 11.9. The summed E-state index contributed by atoms with van der Waals surface area (Å²) in [5, 5.41) is 6.62. The number of para-hydroxylation sites is 1. The molecule has 0 unspecified atom stereocenters. The summed E-state index contributed by atoms with van der Waals surface area (Å²) >= 11 is 1.52. The van der Waals surface area contributed by atoms with Gasteiger partial charge in [-0.1, -0.05) is 48.5 Å². The number of carbonyl (C=O) groups is 2. The van der Waals surface area contributed by atoms with Gasteiger partial charge in [0.1, 0.15) is 10.8 Å². The Bertz CT molecular complexity index is 1090. The van der Waals surface area contributed by atoms with E-state index in [-0.39, 0.29) is 18.4 Å². The van der Waals surface area contributed by atoms with Crippen molar-refractivity contribution in [1.29, 1.82) is 0 Å². The molecule has 4 rings (SSSR count). The third-order valence-corrected chi connectivity index (χ3v) is 6.85. The second kappa shape index (κ2) is 10.5. The monoisotopic (exact) mass is 448 g/mol. The molecule has 3 aromatic rings. The number of hydrogen-bond donors (Lipinski definition) is 2. The van der Waals surface area contributed by atoms with Crippen molar-refractivity contribution >= 4 is 28.2 Å². The number of fused-ring (bicyclic) bond motifs is 1. The first-order valence-electron chi connectivity index (χ1n) is 11.1. The highest BCUT2D eigenvalue weighted by atomic mass is 32.1. The molecule has 0 saturated carbocycles. The molecule has 1 aliphatic carbocycles. The molecular formula is C26H28N2O3S. The van der Waals surface area contributed by atoms with Gasteiger partial charge in [-0.2, -0.15) is 0 Å². The fourth-order valence-corrected chi connectivity index (χ4v) is 5.27. The van der Waals surface area contributed by atoms with Gasteiger partial charge < -0.3 is 15.4 Å². The van der Waals surface area contributed by atoms with Crippen LogP contribution in [0.3, 0.4) is 0 Å². The highest BCUT2D eigenvalue weighted by molar-refractivity contribution is 7.17. The van der Waals surface area contributed by atoms with Gasteiger partial charge in [-0.3, -0.25) is 9.59 Å². The van der Waals surface area contributed by atoms with Gasteiger partial charge in [-0.15, -0.1) is 11.3 Å². The van der Waals surface area contributed by atoms with E-state index < -0.39 is 0 Å². The van der Waals surface area contributed by atoms with E-state index in [1.807, 2.05) is 49.4 Å². The number of ether oxygens (including phenoxy) is 1. The molecule has 0 bridgehead atoms. The number of carbonyl (C=O) groups excluding carboxylic acids is 2. The highest BCUT2D eigenvalue weighted by Gasteiger charge is 2.26. The SMILES string of the molecule is Cc1ccccc1OCC(=O)Nc1sc2c(c1C(=O)NCCc1ccccc1)CCCC2. The van der Waals surface area contributed by atoms with Crippen LogP contribution in [0.25, 0.3) is 0 Å². The topological polar surface area (TPSA) is 67.4 Å². The molecule has 0 atom stereocenters. The van der Waals surface area contributed by atoms with Gasteiger partial charge in [-0.25, -0.2) is 0 Å². The van der Waals surface area contributed by atoms with Gasteiger partial charge in [0.2, 0.25) is 0 Å². The molecule has 2 amide bonds. The molecule has 1 heterocycles. The van der Waals surface area contributed by atoms with E-state index in [0.29, 0.717) is 22.9 Å². The third kappa shape index (κ3) is 5.37. The van der Waals surface area contributed by atoms with Gasteiger partial charge in [0.25, 0.3) is 11.8 Å². The van der Waals surface area contributed by atoms with Crippen LogP contribution in [0.4, 0.5) is 5.00 Å². The van der Waals surface area contributed by atoms with Crippen molar-refractivity contribution in [2.45, 2.75) is 39.0 Å². The lowest BCUT2D eigenvalue weighted by molar-refractivity contribution is -0.118. The van der Waals surface area contributed by atoms with E-state index in [2.05, 4.69) is 22.8 Å². The molecule has 1 aromatic heterocycles. The molecule has 5 nitrogen and oxygen atoms in total. The van der Waals surface area contributed by atoms with Crippen molar-refractivity contribution in [2.24, 2.45) is 0 Å². The lowest BCUT2D eigenvalue weighted by Crippen LogP contribution is -2.28. The van der Waals surface area contributed by atoms with E-state index in [4.69, 9.17) is 4.74 Å². The zero-order valence-corrected chi connectivity index (χ0v) is 19.1. The largest absolute Gasteiger partial charge is 0.483 e. The minimum atomic E-state index is -0.259. The summed E-state index contributed by atoms with van der Waals surface area (Å²) in [5.41, 5.74) is 3.88. The quantitative estimate of drug-likeness (QED) is 0.514. The van der Waals surface area contributed by atoms with Crippen molar-refractivity contribution in [3.05, 3.63) is 81.7 Å². The first-order chi connectivity index (χ1) is 15.6. The Morgan fingerprint density at radius 1 is 1.00 bits per heavy atom. The van der Waals surface area contributed by atoms with Crippen LogP contribution in [-0.2, 0) is 24.1 Å². The zero-order chi connectivity index (χ0) is 22.3. The van der Waals surface area contributed by atoms with Crippen molar-refractivity contribution in [3.8, 4) is 5.75 Å². The Kier molecular flexibility index (Phi) is 7.22. The van der Waals surface area contributed by atoms with Gasteiger partial charge in [0.05, 0.1) is 5.56 Å². The predicted octanol–water partition coefficient (Wildman–Crippen LogP) is 4.93. The molecule has 1 aliphatic rings. The third-order valence-electron chi connectivity index (χ3n) is 5.65. The standard InChI is InChI=1S/C26H28N2O3S/c1-18-9-5-7-13-21(18)31-17-23(29)28-26-24(20-12-6-8-14-22(20)32-26)25(30)27-16-15-19-10-3-2-4-11-19/h2-5,7,9-11,13H,6,8,12,14-17H2,1H3,(H,27,30)(H,28,29). The van der Waals surface area contributed by atoms with Crippen LogP contribution >= 0.6 is 11.3 Å². The molecule has 166 valence electrons. The number of rotatable bonds is 8. The van der Waals surface area contributed by atoms with Crippen molar-refractivity contribution in [3.63, 3.8) is 0 Å². The minimum absolute atomic E-state index is 0.0948. The summed E-state index contributed by atoms with van der Waals surface area (Å²) in [6.07, 6.45) is 4.79. The van der Waals surface area contributed by atoms with Crippen LogP contribution in [-0.4, -0.2) is 25.0 Å². The van der Waals surface area contributed by atoms with Crippen LogP contribution < -0.4 is 15.4 Å². The number of nitrogens with one attached hydrogen (secondary N) is 2. The normalized spacial score (nSPS) is 12.7. The molecule has 0 fully saturated rings. The molecule has 0 aliphatic heterocycles. The summed E-state index contributed by atoms with van der Waals surface area (Å²) in [5.74, 6) is 0.313. The Morgan fingerprint density at radius 2 is 1.75 bits per heavy atom. The van der Waals surface area contributed by atoms with Crippen LogP contribution in [0.15, 0.2) is 54.6 Å². The van der Waals surface area contributed by atoms with Crippen molar-refractivity contribution in [2.75, 3.05) is 18.5 Å². The lowest BCUT2D eigenvalue weighted by Gasteiger charge is -2.13. The van der Waals surface area contributed by atoms with Crippen molar-refractivity contribution < 1.29 is 14.3 Å². The van der Waals surface area contributed by atoms with Crippen molar-refractivity contribution in [1.82, 2.24) is 5.32 Å². The average molecular weight is 449 g/mol. The molecule has 0 saturated heterocycles. The van der Waals surface area contributed by atoms with Crippen LogP contribution in [0.1, 0.15) is 44.8 Å². The molecule has 0 spiro atoms. The number of hydrogen-bond acceptors (Lipinski definition) is 4. The second-order valence-electron chi connectivity index (χ2n) is 8.01. The summed E-state index contributed by atoms with van der Waals surface area (Å²) in [7, 11) is 0. The number of thiophene rings is 1. The van der Waals surface area contributed by atoms with Crippen LogP contribution in [0.5, 0.6) is 5.75 Å². The van der Waals surface area contributed by atoms with Crippen LogP contribution in [0, 0.1) is 6.92 Å². The molecule has 2 aromatic carbocycles. The maximum absolute atomic E-state index is 13.1. The lowest BCUT2D eigenvalue weighted by atomic mass is 9.95. The highest BCUT2D eigenvalue weighted by Crippen LogP contribution is 2.38. The predicted molar refractivity (Wildman–Crippen MR) is 129 cm³/mol. The van der Waals surface area contributed by atoms with Gasteiger partial charge in [0, 0.05) is 11.4 Å². The molecule has 2 N–H and O–H groups in total. The molecule has 32 heavy (non-hydrogen) atoms. The van der Waals surface area contributed by atoms with E-state index in [0.717, 1.165) is 43.2 Å². The fraction of sp³-hybridized carbons (Fsp3) is 0.308. The fourth-order valence-electron chi connectivity index (χ4n) is 3.97. The Labute approximate surface area is 192 Å². The maximum atomic E-state index is 13.1. The van der Waals surface area contributed by atoms with Gasteiger partial charge >= 0.3 is 0 Å². The minimum Gasteiger partial charge on any atom is -0.483 e. The maximum Gasteiger partial charge on any atom is 0.262 e. The van der Waals surface area contributed by atoms with E-state index in [1.165, 1.54) is 21.8 Å². The van der Waals surface area contributed by atoms with E-state index >= 15 is 0 Å². The summed E-state index contributed by atoms with van der Waals surface area (Å²) in [6, 6.07) is 17.7. The summed E-state index contributed by atoms with van der Waals surface area (Å²) in [4.78, 5) is 26.9. The van der Waals surface area contributed by atoms with E-state index in [9.17, 15) is 9.59 Å². The number of amides is 2. The summed E-state index contributed by atoms with van der Waals surface area (Å²) in [6.45, 7) is 2.40. The Hall–Kier alpha value is -3.12. The zero-order valence-electron chi connectivity index (χ0n) is 18.3. The molecule has 6 heteroatoms. The summed E-state index contributed by atoms with van der Waals surface area (Å²) < 4.78 is 5.68. The second-order valence-corrected chi connectivity index (χ2v) is 9.11. The smallest absolute Gasteiger partial charge is 0.262 e. The Balaban J connectivity index is 1.43. The van der Waals surface area contributed by atoms with Gasteiger partial charge in [-0.05, 0) is 61.8 Å². The average Bonchev–Trinajstić information content (AvgIpc) is 3.17. The number of aryl methyl sites for hydroxylation is 2. The Morgan fingerprint density at radius 3 is 2.56 bits per heavy atom. The first kappa shape index (κ1) is 22.1. The molecule has 0 radical (unpaired) electrons. The van der Waals surface area contributed by atoms with Gasteiger partial charge in [0.15, 0.2) is 6.61 Å².